The normalized spacial score (nSPS) is 32.3. The highest BCUT2D eigenvalue weighted by molar-refractivity contribution is 6.74. The van der Waals surface area contributed by atoms with E-state index in [0.717, 1.165) is 19.4 Å². The molecule has 2 rings (SSSR count). The van der Waals surface area contributed by atoms with Crippen LogP contribution in [0.3, 0.4) is 0 Å². The molecular weight excluding hydrogens is 282 g/mol. The molecule has 5 heteroatoms. The van der Waals surface area contributed by atoms with Gasteiger partial charge in [-0.1, -0.05) is 20.8 Å². The van der Waals surface area contributed by atoms with Crippen LogP contribution >= 0.6 is 0 Å². The number of rotatable bonds is 4. The van der Waals surface area contributed by atoms with Crippen LogP contribution in [-0.4, -0.2) is 39.1 Å². The number of carbonyl (C=O) groups is 1. The first-order valence-corrected chi connectivity index (χ1v) is 11.1. The Morgan fingerprint density at radius 1 is 1.33 bits per heavy atom. The Kier molecular flexibility index (Phi) is 4.86. The molecule has 0 aromatic heterocycles. The summed E-state index contributed by atoms with van der Waals surface area (Å²) in [6, 6.07) is 0.137. The van der Waals surface area contributed by atoms with Crippen LogP contribution in [0.15, 0.2) is 0 Å². The van der Waals surface area contributed by atoms with Crippen molar-refractivity contribution < 1.29 is 14.0 Å². The number of β-lactam (4-membered cyclic amide) rings is 1. The maximum Gasteiger partial charge on any atom is 0.228 e. The number of nitrogens with one attached hydrogen (secondary N) is 1. The van der Waals surface area contributed by atoms with Crippen LogP contribution in [0.1, 0.15) is 47.0 Å². The number of ether oxygens (including phenoxy) is 1. The van der Waals surface area contributed by atoms with Crippen molar-refractivity contribution in [3.8, 4) is 0 Å². The molecule has 0 spiro atoms. The predicted molar refractivity (Wildman–Crippen MR) is 86.8 cm³/mol. The van der Waals surface area contributed by atoms with E-state index < -0.39 is 8.32 Å². The van der Waals surface area contributed by atoms with E-state index in [4.69, 9.17) is 9.16 Å². The molecular formula is C16H31NO3Si. The molecule has 0 saturated carbocycles. The molecule has 1 N–H and O–H groups in total. The fourth-order valence-electron chi connectivity index (χ4n) is 3.01. The Hall–Kier alpha value is -0.393. The van der Waals surface area contributed by atoms with Gasteiger partial charge in [-0.3, -0.25) is 4.79 Å². The summed E-state index contributed by atoms with van der Waals surface area (Å²) in [5.74, 6) is 0.0719. The third-order valence-corrected chi connectivity index (χ3v) is 9.98. The molecule has 0 unspecified atom stereocenters. The Labute approximate surface area is 130 Å². The van der Waals surface area contributed by atoms with Gasteiger partial charge in [-0.2, -0.15) is 0 Å². The average Bonchev–Trinajstić information content (AvgIpc) is 2.34. The summed E-state index contributed by atoms with van der Waals surface area (Å²) >= 11 is 0. The number of hydrogen-bond donors (Lipinski definition) is 1. The minimum Gasteiger partial charge on any atom is -0.413 e. The highest BCUT2D eigenvalue weighted by atomic mass is 28.4. The average molecular weight is 314 g/mol. The molecule has 0 aromatic rings. The minimum atomic E-state index is -1.84. The standard InChI is InChI=1S/C16H31NO3Si/c1-11(20-21(5,6)16(2,3)4)13-14(17-15(13)18)12-9-7-8-10-19-12/h11-14H,7-10H2,1-6H3,(H,17,18)/t11-,12-,13-,14+/m1/s1. The predicted octanol–water partition coefficient (Wildman–Crippen LogP) is 3.08. The lowest BCUT2D eigenvalue weighted by atomic mass is 9.80. The van der Waals surface area contributed by atoms with Gasteiger partial charge in [0.15, 0.2) is 8.32 Å². The third-order valence-electron chi connectivity index (χ3n) is 5.41. The molecule has 0 aliphatic carbocycles. The Morgan fingerprint density at radius 3 is 2.48 bits per heavy atom. The van der Waals surface area contributed by atoms with Gasteiger partial charge in [0.25, 0.3) is 0 Å². The van der Waals surface area contributed by atoms with E-state index in [1.165, 1.54) is 6.42 Å². The first-order valence-electron chi connectivity index (χ1n) is 8.23. The van der Waals surface area contributed by atoms with Crippen LogP contribution in [0.25, 0.3) is 0 Å². The van der Waals surface area contributed by atoms with Crippen LogP contribution < -0.4 is 5.32 Å². The van der Waals surface area contributed by atoms with Crippen LogP contribution in [-0.2, 0) is 14.0 Å². The molecule has 4 nitrogen and oxygen atoms in total. The molecule has 2 heterocycles. The Morgan fingerprint density at radius 2 is 2.00 bits per heavy atom. The van der Waals surface area contributed by atoms with E-state index >= 15 is 0 Å². The van der Waals surface area contributed by atoms with Crippen LogP contribution in [0.4, 0.5) is 0 Å². The first-order chi connectivity index (χ1) is 9.63. The second-order valence-electron chi connectivity index (χ2n) is 8.05. The number of amides is 1. The highest BCUT2D eigenvalue weighted by Crippen LogP contribution is 2.39. The maximum atomic E-state index is 12.0. The fraction of sp³-hybridized carbons (Fsp3) is 0.938. The summed E-state index contributed by atoms with van der Waals surface area (Å²) in [5.41, 5.74) is 0. The molecule has 2 fully saturated rings. The van der Waals surface area contributed by atoms with Gasteiger partial charge in [0.1, 0.15) is 0 Å². The van der Waals surface area contributed by atoms with E-state index in [0.29, 0.717) is 0 Å². The van der Waals surface area contributed by atoms with Gasteiger partial charge >= 0.3 is 0 Å². The van der Waals surface area contributed by atoms with Crippen molar-refractivity contribution in [1.29, 1.82) is 0 Å². The Bertz CT molecular complexity index is 385. The smallest absolute Gasteiger partial charge is 0.228 e. The van der Waals surface area contributed by atoms with E-state index in [9.17, 15) is 4.79 Å². The highest BCUT2D eigenvalue weighted by Gasteiger charge is 2.50. The summed E-state index contributed by atoms with van der Waals surface area (Å²) in [4.78, 5) is 12.0. The van der Waals surface area contributed by atoms with Gasteiger partial charge in [-0.15, -0.1) is 0 Å². The summed E-state index contributed by atoms with van der Waals surface area (Å²) in [5, 5.41) is 3.20. The lowest BCUT2D eigenvalue weighted by Crippen LogP contribution is -2.68. The second kappa shape index (κ2) is 6.01. The lowest BCUT2D eigenvalue weighted by molar-refractivity contribution is -0.149. The lowest BCUT2D eigenvalue weighted by Gasteiger charge is -2.48. The van der Waals surface area contributed by atoms with Crippen LogP contribution in [0.5, 0.6) is 0 Å². The van der Waals surface area contributed by atoms with Crippen LogP contribution in [0, 0.1) is 5.92 Å². The molecule has 2 aliphatic rings. The largest absolute Gasteiger partial charge is 0.413 e. The molecule has 0 radical (unpaired) electrons. The van der Waals surface area contributed by atoms with Crippen molar-refractivity contribution in [1.82, 2.24) is 5.32 Å². The number of hydrogen-bond acceptors (Lipinski definition) is 3. The second-order valence-corrected chi connectivity index (χ2v) is 12.8. The van der Waals surface area contributed by atoms with Crippen LogP contribution in [0.2, 0.25) is 18.1 Å². The molecule has 2 aliphatic heterocycles. The molecule has 122 valence electrons. The minimum absolute atomic E-state index is 0.0323. The zero-order chi connectivity index (χ0) is 15.8. The zero-order valence-corrected chi connectivity index (χ0v) is 15.4. The van der Waals surface area contributed by atoms with Crippen molar-refractivity contribution in [2.24, 2.45) is 5.92 Å². The van der Waals surface area contributed by atoms with Gasteiger partial charge in [0, 0.05) is 6.61 Å². The molecule has 0 aromatic carbocycles. The molecule has 4 atom stereocenters. The fourth-order valence-corrected chi connectivity index (χ4v) is 4.44. The quantitative estimate of drug-likeness (QED) is 0.641. The van der Waals surface area contributed by atoms with Gasteiger partial charge in [-0.05, 0) is 44.3 Å². The first kappa shape index (κ1) is 17.0. The number of carbonyl (C=O) groups excluding carboxylic acids is 1. The van der Waals surface area contributed by atoms with E-state index in [1.54, 1.807) is 0 Å². The van der Waals surface area contributed by atoms with Crippen molar-refractivity contribution in [2.45, 2.75) is 83.3 Å². The van der Waals surface area contributed by atoms with Crippen molar-refractivity contribution in [3.05, 3.63) is 0 Å². The van der Waals surface area contributed by atoms with E-state index in [2.05, 4.69) is 46.1 Å². The monoisotopic (exact) mass is 313 g/mol. The van der Waals surface area contributed by atoms with Gasteiger partial charge in [-0.25, -0.2) is 0 Å². The summed E-state index contributed by atoms with van der Waals surface area (Å²) in [6.07, 6.45) is 3.52. The van der Waals surface area contributed by atoms with Crippen molar-refractivity contribution in [2.75, 3.05) is 6.61 Å². The van der Waals surface area contributed by atoms with E-state index in [-0.39, 0.29) is 35.1 Å². The van der Waals surface area contributed by atoms with Crippen molar-refractivity contribution >= 4 is 14.2 Å². The molecule has 0 bridgehead atoms. The van der Waals surface area contributed by atoms with Gasteiger partial charge < -0.3 is 14.5 Å². The zero-order valence-electron chi connectivity index (χ0n) is 14.4. The van der Waals surface area contributed by atoms with Gasteiger partial charge in [0.2, 0.25) is 5.91 Å². The van der Waals surface area contributed by atoms with E-state index in [1.807, 2.05) is 0 Å². The third kappa shape index (κ3) is 3.51. The summed E-state index contributed by atoms with van der Waals surface area (Å²) in [7, 11) is -1.84. The summed E-state index contributed by atoms with van der Waals surface area (Å²) in [6.45, 7) is 14.1. The Balaban J connectivity index is 2.00. The molecule has 21 heavy (non-hydrogen) atoms. The van der Waals surface area contributed by atoms with Gasteiger partial charge in [0.05, 0.1) is 24.2 Å². The maximum absolute atomic E-state index is 12.0. The van der Waals surface area contributed by atoms with Crippen molar-refractivity contribution in [3.63, 3.8) is 0 Å². The molecule has 2 saturated heterocycles. The summed E-state index contributed by atoms with van der Waals surface area (Å²) < 4.78 is 12.3. The SMILES string of the molecule is C[C@@H](O[Si](C)(C)C(C)(C)C)[C@H]1C(=O)N[C@H]1[C@H]1CCCCO1. The molecule has 1 amide bonds. The topological polar surface area (TPSA) is 47.6 Å².